The Bertz CT molecular complexity index is 389. The lowest BCUT2D eigenvalue weighted by atomic mass is 10.0. The van der Waals surface area contributed by atoms with Gasteiger partial charge in [0.25, 0.3) is 0 Å². The molecule has 0 aliphatic heterocycles. The van der Waals surface area contributed by atoms with Crippen molar-refractivity contribution >= 4 is 21.9 Å². The maximum atomic E-state index is 10.8. The minimum absolute atomic E-state index is 0.228. The number of carbonyl (C=O) groups is 1. The summed E-state index contributed by atoms with van der Waals surface area (Å²) in [4.78, 5) is 10.8. The average Bonchev–Trinajstić information content (AvgIpc) is 2.96. The molecule has 0 bridgehead atoms. The molecule has 0 amide bonds. The highest BCUT2D eigenvalue weighted by atomic mass is 79.9. The maximum Gasteiger partial charge on any atom is 0.306 e. The lowest BCUT2D eigenvalue weighted by Crippen LogP contribution is -2.12. The summed E-state index contributed by atoms with van der Waals surface area (Å²) in [7, 11) is 0. The SMILES string of the molecule is CC(C(=O)O)C1CC1c1cccc(Br)c1. The molecule has 2 nitrogen and oxygen atoms in total. The van der Waals surface area contributed by atoms with Crippen LogP contribution in [0.2, 0.25) is 0 Å². The van der Waals surface area contributed by atoms with E-state index >= 15 is 0 Å². The predicted molar refractivity (Wildman–Crippen MR) is 61.8 cm³/mol. The molecule has 0 radical (unpaired) electrons. The Hall–Kier alpha value is -0.830. The van der Waals surface area contributed by atoms with E-state index in [-0.39, 0.29) is 5.92 Å². The second kappa shape index (κ2) is 3.97. The Labute approximate surface area is 97.4 Å². The second-order valence-corrected chi connectivity index (χ2v) is 5.10. The van der Waals surface area contributed by atoms with Crippen LogP contribution in [-0.4, -0.2) is 11.1 Å². The number of carboxylic acids is 1. The monoisotopic (exact) mass is 268 g/mol. The summed E-state index contributed by atoms with van der Waals surface area (Å²) in [5.74, 6) is -0.156. The van der Waals surface area contributed by atoms with E-state index in [0.717, 1.165) is 10.9 Å². The minimum atomic E-state index is -0.683. The van der Waals surface area contributed by atoms with Gasteiger partial charge in [-0.15, -0.1) is 0 Å². The maximum absolute atomic E-state index is 10.8. The summed E-state index contributed by atoms with van der Waals surface area (Å²) in [6.45, 7) is 1.80. The zero-order chi connectivity index (χ0) is 11.0. The van der Waals surface area contributed by atoms with Crippen molar-refractivity contribution in [2.75, 3.05) is 0 Å². The largest absolute Gasteiger partial charge is 0.481 e. The zero-order valence-corrected chi connectivity index (χ0v) is 10.1. The fraction of sp³-hybridized carbons (Fsp3) is 0.417. The van der Waals surface area contributed by atoms with Gasteiger partial charge in [-0.3, -0.25) is 4.79 Å². The first kappa shape index (κ1) is 10.7. The molecule has 1 fully saturated rings. The number of aliphatic carboxylic acids is 1. The third kappa shape index (κ3) is 2.23. The van der Waals surface area contributed by atoms with Crippen LogP contribution < -0.4 is 0 Å². The van der Waals surface area contributed by atoms with Gasteiger partial charge in [-0.05, 0) is 36.0 Å². The van der Waals surface area contributed by atoms with Crippen LogP contribution in [0.5, 0.6) is 0 Å². The Kier molecular flexibility index (Phi) is 2.83. The van der Waals surface area contributed by atoms with Crippen molar-refractivity contribution in [1.82, 2.24) is 0 Å². The highest BCUT2D eigenvalue weighted by Crippen LogP contribution is 2.52. The van der Waals surface area contributed by atoms with Gasteiger partial charge in [0.1, 0.15) is 0 Å². The number of carboxylic acid groups (broad SMARTS) is 1. The molecule has 0 spiro atoms. The van der Waals surface area contributed by atoms with Crippen LogP contribution in [-0.2, 0) is 4.79 Å². The first-order valence-electron chi connectivity index (χ1n) is 5.08. The standard InChI is InChI=1S/C12H13BrO2/c1-7(12(14)15)10-6-11(10)8-3-2-4-9(13)5-8/h2-5,7,10-11H,6H2,1H3,(H,14,15). The highest BCUT2D eigenvalue weighted by molar-refractivity contribution is 9.10. The van der Waals surface area contributed by atoms with E-state index in [1.807, 2.05) is 12.1 Å². The smallest absolute Gasteiger partial charge is 0.306 e. The Balaban J connectivity index is 2.08. The van der Waals surface area contributed by atoms with Crippen LogP contribution in [0.4, 0.5) is 0 Å². The van der Waals surface area contributed by atoms with Crippen LogP contribution in [0, 0.1) is 11.8 Å². The van der Waals surface area contributed by atoms with Crippen LogP contribution in [0.15, 0.2) is 28.7 Å². The Morgan fingerprint density at radius 2 is 2.33 bits per heavy atom. The lowest BCUT2D eigenvalue weighted by molar-refractivity contribution is -0.141. The van der Waals surface area contributed by atoms with Crippen molar-refractivity contribution in [1.29, 1.82) is 0 Å². The van der Waals surface area contributed by atoms with E-state index in [1.54, 1.807) is 6.92 Å². The molecule has 1 saturated carbocycles. The molecule has 0 aromatic heterocycles. The van der Waals surface area contributed by atoms with Crippen molar-refractivity contribution in [2.45, 2.75) is 19.3 Å². The number of hydrogen-bond donors (Lipinski definition) is 1. The van der Waals surface area contributed by atoms with Gasteiger partial charge in [0.05, 0.1) is 5.92 Å². The summed E-state index contributed by atoms with van der Waals surface area (Å²) in [6.07, 6.45) is 1.00. The summed E-state index contributed by atoms with van der Waals surface area (Å²) in [6, 6.07) is 8.14. The highest BCUT2D eigenvalue weighted by Gasteiger charge is 2.44. The van der Waals surface area contributed by atoms with Gasteiger partial charge in [0, 0.05) is 4.47 Å². The van der Waals surface area contributed by atoms with Crippen molar-refractivity contribution in [3.05, 3.63) is 34.3 Å². The number of hydrogen-bond acceptors (Lipinski definition) is 1. The fourth-order valence-electron chi connectivity index (χ4n) is 2.07. The molecule has 1 aromatic carbocycles. The summed E-state index contributed by atoms with van der Waals surface area (Å²) in [5.41, 5.74) is 1.25. The molecule has 1 aromatic rings. The molecule has 3 atom stereocenters. The van der Waals surface area contributed by atoms with Crippen LogP contribution in [0.3, 0.4) is 0 Å². The zero-order valence-electron chi connectivity index (χ0n) is 8.48. The molecular weight excluding hydrogens is 256 g/mol. The van der Waals surface area contributed by atoms with Crippen LogP contribution >= 0.6 is 15.9 Å². The molecule has 80 valence electrons. The summed E-state index contributed by atoms with van der Waals surface area (Å²) < 4.78 is 1.06. The molecular formula is C12H13BrO2. The van der Waals surface area contributed by atoms with Crippen LogP contribution in [0.25, 0.3) is 0 Å². The Morgan fingerprint density at radius 1 is 1.60 bits per heavy atom. The van der Waals surface area contributed by atoms with Gasteiger partial charge in [-0.1, -0.05) is 35.0 Å². The fourth-order valence-corrected chi connectivity index (χ4v) is 2.49. The van der Waals surface area contributed by atoms with Crippen molar-refractivity contribution in [3.63, 3.8) is 0 Å². The van der Waals surface area contributed by atoms with Gasteiger partial charge in [-0.2, -0.15) is 0 Å². The molecule has 1 N–H and O–H groups in total. The minimum Gasteiger partial charge on any atom is -0.481 e. The van der Waals surface area contributed by atoms with E-state index in [4.69, 9.17) is 5.11 Å². The van der Waals surface area contributed by atoms with Crippen molar-refractivity contribution in [3.8, 4) is 0 Å². The van der Waals surface area contributed by atoms with Gasteiger partial charge < -0.3 is 5.11 Å². The number of benzene rings is 1. The van der Waals surface area contributed by atoms with Crippen molar-refractivity contribution < 1.29 is 9.90 Å². The van der Waals surface area contributed by atoms with Crippen LogP contribution in [0.1, 0.15) is 24.8 Å². The molecule has 0 saturated heterocycles. The normalized spacial score (nSPS) is 26.0. The van der Waals surface area contributed by atoms with E-state index in [9.17, 15) is 4.79 Å². The molecule has 1 aliphatic rings. The lowest BCUT2D eigenvalue weighted by Gasteiger charge is -2.05. The number of halogens is 1. The molecule has 15 heavy (non-hydrogen) atoms. The summed E-state index contributed by atoms with van der Waals surface area (Å²) in [5, 5.41) is 8.90. The second-order valence-electron chi connectivity index (χ2n) is 4.19. The molecule has 2 rings (SSSR count). The molecule has 1 aliphatic carbocycles. The Morgan fingerprint density at radius 3 is 2.93 bits per heavy atom. The molecule has 3 unspecified atom stereocenters. The number of rotatable bonds is 3. The van der Waals surface area contributed by atoms with E-state index in [0.29, 0.717) is 11.8 Å². The first-order valence-corrected chi connectivity index (χ1v) is 5.87. The van der Waals surface area contributed by atoms with E-state index in [2.05, 4.69) is 28.1 Å². The van der Waals surface area contributed by atoms with Gasteiger partial charge in [0.15, 0.2) is 0 Å². The topological polar surface area (TPSA) is 37.3 Å². The van der Waals surface area contributed by atoms with Gasteiger partial charge in [-0.25, -0.2) is 0 Å². The molecule has 0 heterocycles. The average molecular weight is 269 g/mol. The predicted octanol–water partition coefficient (Wildman–Crippen LogP) is 3.27. The quantitative estimate of drug-likeness (QED) is 0.914. The van der Waals surface area contributed by atoms with E-state index in [1.165, 1.54) is 5.56 Å². The van der Waals surface area contributed by atoms with Gasteiger partial charge >= 0.3 is 5.97 Å². The summed E-state index contributed by atoms with van der Waals surface area (Å²) >= 11 is 3.43. The third-order valence-corrected chi connectivity index (χ3v) is 3.64. The van der Waals surface area contributed by atoms with Crippen molar-refractivity contribution in [2.24, 2.45) is 11.8 Å². The van der Waals surface area contributed by atoms with Gasteiger partial charge in [0.2, 0.25) is 0 Å². The van der Waals surface area contributed by atoms with E-state index < -0.39 is 5.97 Å². The third-order valence-electron chi connectivity index (χ3n) is 3.15. The first-order chi connectivity index (χ1) is 7.09. The molecule has 3 heteroatoms.